The summed E-state index contributed by atoms with van der Waals surface area (Å²) in [5, 5.41) is 2.59. The van der Waals surface area contributed by atoms with E-state index in [0.29, 0.717) is 26.1 Å². The Hall–Kier alpha value is -2.08. The van der Waals surface area contributed by atoms with Crippen LogP contribution in [0.2, 0.25) is 0 Å². The Labute approximate surface area is 156 Å². The number of carbonyl (C=O) groups excluding carboxylic acids is 2. The number of nitrogens with two attached hydrogens (primary N) is 1. The average Bonchev–Trinajstić information content (AvgIpc) is 2.68. The fourth-order valence-corrected chi connectivity index (χ4v) is 3.45. The van der Waals surface area contributed by atoms with Gasteiger partial charge in [0.25, 0.3) is 0 Å². The highest BCUT2D eigenvalue weighted by Gasteiger charge is 2.34. The molecule has 144 valence electrons. The highest BCUT2D eigenvalue weighted by atomic mass is 16.5. The van der Waals surface area contributed by atoms with Crippen LogP contribution in [-0.4, -0.2) is 49.7 Å². The first-order valence-corrected chi connectivity index (χ1v) is 9.51. The van der Waals surface area contributed by atoms with E-state index in [0.717, 1.165) is 38.8 Å². The van der Waals surface area contributed by atoms with Crippen molar-refractivity contribution >= 4 is 12.0 Å². The molecule has 1 heterocycles. The van der Waals surface area contributed by atoms with Crippen LogP contribution in [-0.2, 0) is 16.0 Å². The summed E-state index contributed by atoms with van der Waals surface area (Å²) in [6, 6.07) is 10.5. The van der Waals surface area contributed by atoms with E-state index in [1.165, 1.54) is 5.56 Å². The molecule has 1 aliphatic rings. The van der Waals surface area contributed by atoms with Crippen molar-refractivity contribution in [3.8, 4) is 0 Å². The van der Waals surface area contributed by atoms with Gasteiger partial charge in [-0.1, -0.05) is 30.3 Å². The van der Waals surface area contributed by atoms with E-state index >= 15 is 0 Å². The van der Waals surface area contributed by atoms with Gasteiger partial charge in [0.2, 0.25) is 5.91 Å². The molecule has 0 unspecified atom stereocenters. The number of carbonyl (C=O) groups is 2. The smallest absolute Gasteiger partial charge is 0.407 e. The molecule has 6 nitrogen and oxygen atoms in total. The van der Waals surface area contributed by atoms with Crippen molar-refractivity contribution in [1.29, 1.82) is 0 Å². The maximum Gasteiger partial charge on any atom is 0.407 e. The van der Waals surface area contributed by atoms with Gasteiger partial charge >= 0.3 is 6.09 Å². The minimum absolute atomic E-state index is 0.0791. The Morgan fingerprint density at radius 2 is 1.92 bits per heavy atom. The minimum atomic E-state index is -0.470. The number of alkyl carbamates (subject to hydrolysis) is 1. The van der Waals surface area contributed by atoms with E-state index in [4.69, 9.17) is 10.5 Å². The summed E-state index contributed by atoms with van der Waals surface area (Å²) in [5.41, 5.74) is 7.56. The fourth-order valence-electron chi connectivity index (χ4n) is 3.45. The molecule has 6 heteroatoms. The van der Waals surface area contributed by atoms with Crippen LogP contribution >= 0.6 is 0 Å². The van der Waals surface area contributed by atoms with E-state index < -0.39 is 6.09 Å². The Balaban J connectivity index is 1.75. The molecule has 0 saturated carbocycles. The number of amides is 2. The summed E-state index contributed by atoms with van der Waals surface area (Å²) in [7, 11) is 0. The topological polar surface area (TPSA) is 84.7 Å². The number of nitrogens with zero attached hydrogens (tertiary/aromatic N) is 1. The summed E-state index contributed by atoms with van der Waals surface area (Å²) >= 11 is 0. The molecule has 0 spiro atoms. The van der Waals surface area contributed by atoms with E-state index in [1.54, 1.807) is 6.92 Å². The monoisotopic (exact) mass is 361 g/mol. The normalized spacial score (nSPS) is 16.2. The highest BCUT2D eigenvalue weighted by molar-refractivity contribution is 5.77. The zero-order chi connectivity index (χ0) is 18.8. The van der Waals surface area contributed by atoms with Gasteiger partial charge in [0.15, 0.2) is 0 Å². The Morgan fingerprint density at radius 1 is 1.23 bits per heavy atom. The second-order valence-electron chi connectivity index (χ2n) is 6.97. The van der Waals surface area contributed by atoms with Gasteiger partial charge in [-0.05, 0) is 50.1 Å². The van der Waals surface area contributed by atoms with Gasteiger partial charge in [0.1, 0.15) is 0 Å². The number of ether oxygens (including phenoxy) is 1. The van der Waals surface area contributed by atoms with Crippen molar-refractivity contribution in [2.45, 2.75) is 39.0 Å². The van der Waals surface area contributed by atoms with Gasteiger partial charge in [-0.2, -0.15) is 0 Å². The molecule has 1 aromatic rings. The molecule has 1 fully saturated rings. The SMILES string of the molecule is CCOC(=O)NCCC(=O)N1CCC(CN)(CCc2ccccc2)CC1. The standard InChI is InChI=1S/C20H31N3O3/c1-2-26-19(25)22-13-9-18(24)23-14-11-20(16-21,12-15-23)10-8-17-6-4-3-5-7-17/h3-7H,2,8-16,21H2,1H3,(H,22,25). The molecule has 1 aromatic carbocycles. The van der Waals surface area contributed by atoms with Crippen molar-refractivity contribution in [2.24, 2.45) is 11.1 Å². The van der Waals surface area contributed by atoms with Gasteiger partial charge in [-0.3, -0.25) is 4.79 Å². The van der Waals surface area contributed by atoms with Gasteiger partial charge in [-0.25, -0.2) is 4.79 Å². The van der Waals surface area contributed by atoms with Crippen LogP contribution in [0.3, 0.4) is 0 Å². The number of nitrogens with one attached hydrogen (secondary N) is 1. The zero-order valence-electron chi connectivity index (χ0n) is 15.7. The lowest BCUT2D eigenvalue weighted by molar-refractivity contribution is -0.133. The Bertz CT molecular complexity index is 569. The highest BCUT2D eigenvalue weighted by Crippen LogP contribution is 2.35. The molecule has 3 N–H and O–H groups in total. The Kier molecular flexibility index (Phi) is 7.91. The predicted octanol–water partition coefficient (Wildman–Crippen LogP) is 2.32. The lowest BCUT2D eigenvalue weighted by atomic mass is 9.74. The molecule has 26 heavy (non-hydrogen) atoms. The maximum atomic E-state index is 12.3. The lowest BCUT2D eigenvalue weighted by Crippen LogP contribution is -2.46. The molecule has 2 rings (SSSR count). The van der Waals surface area contributed by atoms with E-state index in [1.807, 2.05) is 11.0 Å². The largest absolute Gasteiger partial charge is 0.450 e. The minimum Gasteiger partial charge on any atom is -0.450 e. The maximum absolute atomic E-state index is 12.3. The number of piperidine rings is 1. The number of benzene rings is 1. The van der Waals surface area contributed by atoms with Crippen molar-refractivity contribution < 1.29 is 14.3 Å². The van der Waals surface area contributed by atoms with E-state index in [-0.39, 0.29) is 11.3 Å². The first-order valence-electron chi connectivity index (χ1n) is 9.51. The molecular formula is C20H31N3O3. The van der Waals surface area contributed by atoms with Crippen LogP contribution in [0.15, 0.2) is 30.3 Å². The molecule has 0 bridgehead atoms. The van der Waals surface area contributed by atoms with Crippen molar-refractivity contribution in [2.75, 3.05) is 32.8 Å². The number of hydrogen-bond donors (Lipinski definition) is 2. The molecule has 2 amide bonds. The molecule has 0 atom stereocenters. The molecule has 1 saturated heterocycles. The summed E-state index contributed by atoms with van der Waals surface area (Å²) in [5.74, 6) is 0.0791. The molecular weight excluding hydrogens is 330 g/mol. The molecule has 0 aromatic heterocycles. The molecule has 1 aliphatic heterocycles. The van der Waals surface area contributed by atoms with Crippen LogP contribution in [0, 0.1) is 5.41 Å². The first kappa shape index (κ1) is 20.2. The van der Waals surface area contributed by atoms with Crippen molar-refractivity contribution in [3.05, 3.63) is 35.9 Å². The number of likely N-dealkylation sites (tertiary alicyclic amines) is 1. The molecule has 0 radical (unpaired) electrons. The van der Waals surface area contributed by atoms with Gasteiger partial charge in [0.05, 0.1) is 6.61 Å². The van der Waals surface area contributed by atoms with Crippen LogP contribution < -0.4 is 11.1 Å². The fraction of sp³-hybridized carbons (Fsp3) is 0.600. The third kappa shape index (κ3) is 6.02. The van der Waals surface area contributed by atoms with Crippen molar-refractivity contribution in [3.63, 3.8) is 0 Å². The summed E-state index contributed by atoms with van der Waals surface area (Å²) < 4.78 is 4.79. The van der Waals surface area contributed by atoms with E-state index in [2.05, 4.69) is 29.6 Å². The number of hydrogen-bond acceptors (Lipinski definition) is 4. The third-order valence-corrected chi connectivity index (χ3v) is 5.28. The zero-order valence-corrected chi connectivity index (χ0v) is 15.7. The van der Waals surface area contributed by atoms with Gasteiger partial charge in [-0.15, -0.1) is 0 Å². The summed E-state index contributed by atoms with van der Waals surface area (Å²) in [6.45, 7) is 4.53. The third-order valence-electron chi connectivity index (χ3n) is 5.28. The number of rotatable bonds is 8. The van der Waals surface area contributed by atoms with Gasteiger partial charge < -0.3 is 20.7 Å². The van der Waals surface area contributed by atoms with Crippen LogP contribution in [0.25, 0.3) is 0 Å². The summed E-state index contributed by atoms with van der Waals surface area (Å²) in [6.07, 6.45) is 3.79. The summed E-state index contributed by atoms with van der Waals surface area (Å²) in [4.78, 5) is 25.5. The number of aryl methyl sites for hydroxylation is 1. The van der Waals surface area contributed by atoms with Crippen LogP contribution in [0.4, 0.5) is 4.79 Å². The second-order valence-corrected chi connectivity index (χ2v) is 6.97. The molecule has 0 aliphatic carbocycles. The van der Waals surface area contributed by atoms with E-state index in [9.17, 15) is 9.59 Å². The Morgan fingerprint density at radius 3 is 2.54 bits per heavy atom. The lowest BCUT2D eigenvalue weighted by Gasteiger charge is -2.41. The van der Waals surface area contributed by atoms with Crippen LogP contribution in [0.1, 0.15) is 38.2 Å². The quantitative estimate of drug-likeness (QED) is 0.744. The van der Waals surface area contributed by atoms with Crippen molar-refractivity contribution in [1.82, 2.24) is 10.2 Å². The first-order chi connectivity index (χ1) is 12.6. The van der Waals surface area contributed by atoms with Gasteiger partial charge in [0, 0.05) is 26.1 Å². The van der Waals surface area contributed by atoms with Crippen LogP contribution in [0.5, 0.6) is 0 Å². The average molecular weight is 361 g/mol. The predicted molar refractivity (Wildman–Crippen MR) is 102 cm³/mol. The second kappa shape index (κ2) is 10.2.